The van der Waals surface area contributed by atoms with Crippen molar-refractivity contribution in [1.29, 1.82) is 0 Å². The lowest BCUT2D eigenvalue weighted by atomic mass is 9.85. The maximum atomic E-state index is 13.3. The standard InChI is InChI=1S/C24H24N2O7/c1-30-8-9-32-14-31-7-6-24(29)18-11-20-21-16(10-15-4-2-3-5-19(15)25-21)12-26(20)22(27)17(18)13-33-23(24)28/h2-5,10-11,29H,6-9,12-14H2,1H3. The number of benzene rings is 1. The number of pyridine rings is 2. The molecule has 5 rings (SSSR count). The largest absolute Gasteiger partial charge is 0.458 e. The number of hydrogen-bond donors (Lipinski definition) is 1. The highest BCUT2D eigenvalue weighted by Gasteiger charge is 2.46. The van der Waals surface area contributed by atoms with Crippen LogP contribution in [0.25, 0.3) is 22.3 Å². The smallest absolute Gasteiger partial charge is 0.343 e. The Morgan fingerprint density at radius 1 is 1.15 bits per heavy atom. The van der Waals surface area contributed by atoms with Gasteiger partial charge in [0.15, 0.2) is 5.60 Å². The van der Waals surface area contributed by atoms with Crippen molar-refractivity contribution in [3.05, 3.63) is 63.4 Å². The van der Waals surface area contributed by atoms with Gasteiger partial charge in [0.1, 0.15) is 13.4 Å². The van der Waals surface area contributed by atoms with Crippen molar-refractivity contribution in [2.24, 2.45) is 0 Å². The van der Waals surface area contributed by atoms with Crippen molar-refractivity contribution in [2.45, 2.75) is 25.2 Å². The van der Waals surface area contributed by atoms with Crippen LogP contribution in [0.15, 0.2) is 41.2 Å². The Labute approximate surface area is 189 Å². The van der Waals surface area contributed by atoms with E-state index in [9.17, 15) is 14.7 Å². The van der Waals surface area contributed by atoms with E-state index in [1.54, 1.807) is 17.7 Å². The molecule has 1 unspecified atom stereocenters. The molecule has 0 saturated heterocycles. The quantitative estimate of drug-likeness (QED) is 0.244. The summed E-state index contributed by atoms with van der Waals surface area (Å²) in [7, 11) is 1.57. The number of cyclic esters (lactones) is 1. The van der Waals surface area contributed by atoms with Crippen LogP contribution in [0.4, 0.5) is 0 Å². The predicted octanol–water partition coefficient (Wildman–Crippen LogP) is 1.70. The first-order valence-electron chi connectivity index (χ1n) is 10.7. The van der Waals surface area contributed by atoms with Crippen LogP contribution in [0.1, 0.15) is 23.1 Å². The molecule has 0 spiro atoms. The molecule has 0 aliphatic carbocycles. The lowest BCUT2D eigenvalue weighted by molar-refractivity contribution is -0.175. The number of nitrogens with zero attached hydrogens (tertiary/aromatic N) is 2. The molecule has 33 heavy (non-hydrogen) atoms. The first-order valence-corrected chi connectivity index (χ1v) is 10.7. The number of para-hydroxylation sites is 1. The molecule has 0 bridgehead atoms. The van der Waals surface area contributed by atoms with E-state index >= 15 is 0 Å². The summed E-state index contributed by atoms with van der Waals surface area (Å²) in [4.78, 5) is 30.7. The number of rotatable bonds is 8. The number of carbonyl (C=O) groups is 1. The number of ether oxygens (including phenoxy) is 4. The van der Waals surface area contributed by atoms with E-state index in [-0.39, 0.29) is 43.1 Å². The molecule has 9 heteroatoms. The molecule has 0 radical (unpaired) electrons. The van der Waals surface area contributed by atoms with E-state index in [4.69, 9.17) is 23.9 Å². The number of hydrogen-bond acceptors (Lipinski definition) is 8. The molecule has 0 fully saturated rings. The van der Waals surface area contributed by atoms with Crippen LogP contribution in [0, 0.1) is 0 Å². The van der Waals surface area contributed by atoms with Crippen molar-refractivity contribution < 1.29 is 28.8 Å². The van der Waals surface area contributed by atoms with Crippen LogP contribution in [-0.2, 0) is 42.5 Å². The van der Waals surface area contributed by atoms with E-state index in [0.717, 1.165) is 16.5 Å². The first-order chi connectivity index (χ1) is 16.0. The summed E-state index contributed by atoms with van der Waals surface area (Å²) in [6, 6.07) is 11.5. The Kier molecular flexibility index (Phi) is 5.71. The molecule has 0 saturated carbocycles. The second-order valence-electron chi connectivity index (χ2n) is 8.12. The van der Waals surface area contributed by atoms with Crippen molar-refractivity contribution in [1.82, 2.24) is 9.55 Å². The highest BCUT2D eigenvalue weighted by atomic mass is 16.7. The summed E-state index contributed by atoms with van der Waals surface area (Å²) in [6.07, 6.45) is -0.0760. The molecule has 1 N–H and O–H groups in total. The molecule has 2 aliphatic heterocycles. The van der Waals surface area contributed by atoms with Crippen LogP contribution in [0.3, 0.4) is 0 Å². The van der Waals surface area contributed by atoms with Crippen LogP contribution in [0.2, 0.25) is 0 Å². The Hall–Kier alpha value is -3.11. The predicted molar refractivity (Wildman–Crippen MR) is 117 cm³/mol. The molecule has 3 aromatic rings. The number of carbonyl (C=O) groups excluding carboxylic acids is 1. The third kappa shape index (κ3) is 3.72. The van der Waals surface area contributed by atoms with E-state index < -0.39 is 11.6 Å². The van der Waals surface area contributed by atoms with Gasteiger partial charge in [0, 0.05) is 30.0 Å². The van der Waals surface area contributed by atoms with E-state index in [1.165, 1.54) is 0 Å². The summed E-state index contributed by atoms with van der Waals surface area (Å²) in [5.41, 5.74) is 1.23. The van der Waals surface area contributed by atoms with Gasteiger partial charge in [0.2, 0.25) is 0 Å². The Balaban J connectivity index is 1.48. The van der Waals surface area contributed by atoms with Crippen LogP contribution in [0.5, 0.6) is 0 Å². The molecule has 1 atom stereocenters. The minimum atomic E-state index is -1.99. The lowest BCUT2D eigenvalue weighted by Gasteiger charge is -2.32. The summed E-state index contributed by atoms with van der Waals surface area (Å²) >= 11 is 0. The summed E-state index contributed by atoms with van der Waals surface area (Å²) in [5, 5.41) is 12.3. The van der Waals surface area contributed by atoms with E-state index in [1.807, 2.05) is 30.3 Å². The van der Waals surface area contributed by atoms with Crippen molar-refractivity contribution in [2.75, 3.05) is 33.7 Å². The zero-order valence-corrected chi connectivity index (χ0v) is 18.2. The van der Waals surface area contributed by atoms with Gasteiger partial charge in [-0.15, -0.1) is 0 Å². The fourth-order valence-corrected chi connectivity index (χ4v) is 4.37. The maximum absolute atomic E-state index is 13.3. The van der Waals surface area contributed by atoms with Crippen molar-refractivity contribution in [3.8, 4) is 11.4 Å². The van der Waals surface area contributed by atoms with Crippen molar-refractivity contribution in [3.63, 3.8) is 0 Å². The summed E-state index contributed by atoms with van der Waals surface area (Å²) in [6.45, 7) is 1.04. The second kappa shape index (κ2) is 8.68. The van der Waals surface area contributed by atoms with Gasteiger partial charge >= 0.3 is 5.97 Å². The molecular weight excluding hydrogens is 428 g/mol. The average Bonchev–Trinajstić information content (AvgIpc) is 3.18. The van der Waals surface area contributed by atoms with Crippen LogP contribution >= 0.6 is 0 Å². The van der Waals surface area contributed by atoms with Gasteiger partial charge in [-0.3, -0.25) is 4.79 Å². The molecule has 9 nitrogen and oxygen atoms in total. The topological polar surface area (TPSA) is 109 Å². The molecule has 172 valence electrons. The van der Waals surface area contributed by atoms with Gasteiger partial charge in [-0.1, -0.05) is 18.2 Å². The SMILES string of the molecule is COCCOCOCCC1(O)C(=O)OCc2c1cc1n(c2=O)Cc2cc3ccccc3nc2-1. The number of esters is 1. The Morgan fingerprint density at radius 2 is 1.97 bits per heavy atom. The maximum Gasteiger partial charge on any atom is 0.343 e. The lowest BCUT2D eigenvalue weighted by Crippen LogP contribution is -2.45. The van der Waals surface area contributed by atoms with Crippen LogP contribution < -0.4 is 5.56 Å². The summed E-state index contributed by atoms with van der Waals surface area (Å²) < 4.78 is 22.3. The number of aliphatic hydroxyl groups is 1. The zero-order chi connectivity index (χ0) is 23.0. The number of fused-ring (bicyclic) bond motifs is 5. The third-order valence-electron chi connectivity index (χ3n) is 6.11. The fraction of sp³-hybridized carbons (Fsp3) is 0.375. The highest BCUT2D eigenvalue weighted by molar-refractivity contribution is 5.86. The van der Waals surface area contributed by atoms with Gasteiger partial charge in [0.05, 0.1) is 48.8 Å². The van der Waals surface area contributed by atoms with Gasteiger partial charge in [0.25, 0.3) is 5.56 Å². The van der Waals surface area contributed by atoms with E-state index in [2.05, 4.69) is 0 Å². The molecule has 0 amide bonds. The molecule has 4 heterocycles. The number of methoxy groups -OCH3 is 1. The van der Waals surface area contributed by atoms with Gasteiger partial charge < -0.3 is 28.6 Å². The normalized spacial score (nSPS) is 18.7. The monoisotopic (exact) mass is 452 g/mol. The van der Waals surface area contributed by atoms with Crippen LogP contribution in [-0.4, -0.2) is 54.4 Å². The van der Waals surface area contributed by atoms with E-state index in [0.29, 0.717) is 31.1 Å². The minimum Gasteiger partial charge on any atom is -0.458 e. The van der Waals surface area contributed by atoms with Crippen molar-refractivity contribution >= 4 is 16.9 Å². The highest BCUT2D eigenvalue weighted by Crippen LogP contribution is 2.38. The zero-order valence-electron chi connectivity index (χ0n) is 18.2. The fourth-order valence-electron chi connectivity index (χ4n) is 4.37. The minimum absolute atomic E-state index is 0.00143. The second-order valence-corrected chi connectivity index (χ2v) is 8.12. The Morgan fingerprint density at radius 3 is 2.82 bits per heavy atom. The number of aromatic nitrogens is 2. The Bertz CT molecular complexity index is 1290. The third-order valence-corrected chi connectivity index (χ3v) is 6.11. The summed E-state index contributed by atoms with van der Waals surface area (Å²) in [5.74, 6) is -0.798. The van der Waals surface area contributed by atoms with Gasteiger partial charge in [-0.2, -0.15) is 0 Å². The molecule has 1 aromatic carbocycles. The average molecular weight is 452 g/mol. The first kappa shape index (κ1) is 21.7. The molecular formula is C24H24N2O7. The molecule has 2 aliphatic rings. The molecule has 2 aromatic heterocycles. The van der Waals surface area contributed by atoms with Gasteiger partial charge in [-0.05, 0) is 18.2 Å². The van der Waals surface area contributed by atoms with Gasteiger partial charge in [-0.25, -0.2) is 9.78 Å².